The van der Waals surface area contributed by atoms with Crippen LogP contribution in [-0.2, 0) is 6.42 Å². The van der Waals surface area contributed by atoms with E-state index in [4.69, 9.17) is 5.73 Å². The highest BCUT2D eigenvalue weighted by Crippen LogP contribution is 2.38. The van der Waals surface area contributed by atoms with Crippen LogP contribution in [0.15, 0.2) is 15.0 Å². The van der Waals surface area contributed by atoms with Crippen molar-refractivity contribution >= 4 is 17.6 Å². The van der Waals surface area contributed by atoms with Crippen molar-refractivity contribution < 1.29 is 0 Å². The number of nitrogens with zero attached hydrogens (tertiary/aromatic N) is 4. The Morgan fingerprint density at radius 2 is 2.20 bits per heavy atom. The number of nitrogens with two attached hydrogens (primary N) is 1. The molecule has 8 heteroatoms. The van der Waals surface area contributed by atoms with Gasteiger partial charge in [-0.1, -0.05) is 6.92 Å². The predicted octanol–water partition coefficient (Wildman–Crippen LogP) is 1.30. The van der Waals surface area contributed by atoms with E-state index in [0.717, 1.165) is 23.4 Å². The molecule has 1 aliphatic carbocycles. The van der Waals surface area contributed by atoms with E-state index in [1.807, 2.05) is 13.8 Å². The van der Waals surface area contributed by atoms with Crippen molar-refractivity contribution in [2.75, 3.05) is 5.73 Å². The minimum absolute atomic E-state index is 0.162. The molecule has 0 atom stereocenters. The molecule has 3 N–H and O–H groups in total. The van der Waals surface area contributed by atoms with Crippen molar-refractivity contribution in [1.29, 1.82) is 0 Å². The molecule has 1 aliphatic rings. The maximum absolute atomic E-state index is 11.8. The number of anilines is 1. The molecule has 2 aromatic heterocycles. The summed E-state index contributed by atoms with van der Waals surface area (Å²) >= 11 is 1.36. The number of aromatic amines is 1. The van der Waals surface area contributed by atoms with Gasteiger partial charge in [0.15, 0.2) is 5.16 Å². The molecule has 2 aromatic rings. The topological polar surface area (TPSA) is 102 Å². The van der Waals surface area contributed by atoms with E-state index < -0.39 is 0 Å². The van der Waals surface area contributed by atoms with Gasteiger partial charge in [-0.05, 0) is 31.5 Å². The van der Waals surface area contributed by atoms with Crippen LogP contribution < -0.4 is 11.4 Å². The fourth-order valence-corrected chi connectivity index (χ4v) is 2.92. The summed E-state index contributed by atoms with van der Waals surface area (Å²) in [5.41, 5.74) is 6.57. The molecular weight excluding hydrogens is 276 g/mol. The number of nitrogen functional groups attached to an aromatic ring is 1. The Kier molecular flexibility index (Phi) is 3.25. The zero-order valence-electron chi connectivity index (χ0n) is 11.4. The molecule has 0 bridgehead atoms. The van der Waals surface area contributed by atoms with E-state index in [1.165, 1.54) is 11.8 Å². The lowest BCUT2D eigenvalue weighted by Gasteiger charge is -2.08. The van der Waals surface area contributed by atoms with Gasteiger partial charge < -0.3 is 5.73 Å². The first-order valence-electron chi connectivity index (χ1n) is 6.58. The molecule has 106 valence electrons. The third-order valence-corrected chi connectivity index (χ3v) is 4.33. The Morgan fingerprint density at radius 3 is 2.85 bits per heavy atom. The standard InChI is InChI=1S/C12H16N6OS/c1-3-8-14-9(13)6(2)10(15-8)20-12-17-16-11(19)18(12)7-4-5-7/h7H,3-5H2,1-2H3,(H,16,19)(H2,13,14,15). The summed E-state index contributed by atoms with van der Waals surface area (Å²) in [6, 6.07) is 0.272. The molecule has 0 spiro atoms. The van der Waals surface area contributed by atoms with Crippen LogP contribution in [-0.4, -0.2) is 24.7 Å². The molecule has 0 radical (unpaired) electrons. The van der Waals surface area contributed by atoms with E-state index in [2.05, 4.69) is 20.2 Å². The number of hydrogen-bond donors (Lipinski definition) is 2. The van der Waals surface area contributed by atoms with Crippen LogP contribution in [0.25, 0.3) is 0 Å². The first-order chi connectivity index (χ1) is 9.60. The lowest BCUT2D eigenvalue weighted by molar-refractivity contribution is 0.642. The summed E-state index contributed by atoms with van der Waals surface area (Å²) in [6.07, 6.45) is 2.77. The highest BCUT2D eigenvalue weighted by Gasteiger charge is 2.29. The Labute approximate surface area is 120 Å². The Bertz CT molecular complexity index is 702. The number of aryl methyl sites for hydroxylation is 1. The molecule has 7 nitrogen and oxygen atoms in total. The molecule has 1 saturated carbocycles. The van der Waals surface area contributed by atoms with E-state index in [9.17, 15) is 4.79 Å². The number of nitrogens with one attached hydrogen (secondary N) is 1. The molecule has 0 aliphatic heterocycles. The molecule has 0 aromatic carbocycles. The van der Waals surface area contributed by atoms with Crippen molar-refractivity contribution in [2.45, 2.75) is 49.3 Å². The van der Waals surface area contributed by atoms with Gasteiger partial charge in [-0.25, -0.2) is 19.9 Å². The average molecular weight is 292 g/mol. The fraction of sp³-hybridized carbons (Fsp3) is 0.500. The monoisotopic (exact) mass is 292 g/mol. The van der Waals surface area contributed by atoms with Gasteiger partial charge in [-0.3, -0.25) is 4.57 Å². The average Bonchev–Trinajstić information content (AvgIpc) is 3.20. The highest BCUT2D eigenvalue weighted by atomic mass is 32.2. The summed E-state index contributed by atoms with van der Waals surface area (Å²) in [5, 5.41) is 7.99. The van der Waals surface area contributed by atoms with Crippen LogP contribution in [0.4, 0.5) is 5.82 Å². The largest absolute Gasteiger partial charge is 0.383 e. The van der Waals surface area contributed by atoms with Crippen molar-refractivity contribution in [1.82, 2.24) is 24.7 Å². The van der Waals surface area contributed by atoms with Crippen LogP contribution in [0.2, 0.25) is 0 Å². The fourth-order valence-electron chi connectivity index (χ4n) is 1.92. The zero-order chi connectivity index (χ0) is 14.3. The number of aromatic nitrogens is 5. The van der Waals surface area contributed by atoms with Crippen LogP contribution in [0.3, 0.4) is 0 Å². The maximum Gasteiger partial charge on any atom is 0.344 e. The molecule has 2 heterocycles. The van der Waals surface area contributed by atoms with E-state index in [1.54, 1.807) is 4.57 Å². The molecule has 0 saturated heterocycles. The normalized spacial score (nSPS) is 14.7. The number of H-pyrrole nitrogens is 1. The third kappa shape index (κ3) is 2.31. The first kappa shape index (κ1) is 13.2. The van der Waals surface area contributed by atoms with Gasteiger partial charge in [0.2, 0.25) is 0 Å². The van der Waals surface area contributed by atoms with Crippen LogP contribution in [0.5, 0.6) is 0 Å². The van der Waals surface area contributed by atoms with Gasteiger partial charge in [-0.15, -0.1) is 5.10 Å². The minimum Gasteiger partial charge on any atom is -0.383 e. The van der Waals surface area contributed by atoms with E-state index >= 15 is 0 Å². The van der Waals surface area contributed by atoms with Gasteiger partial charge >= 0.3 is 5.69 Å². The van der Waals surface area contributed by atoms with Crippen molar-refractivity contribution in [3.8, 4) is 0 Å². The van der Waals surface area contributed by atoms with E-state index in [0.29, 0.717) is 23.2 Å². The van der Waals surface area contributed by atoms with Crippen molar-refractivity contribution in [3.05, 3.63) is 21.9 Å². The molecule has 0 amide bonds. The second kappa shape index (κ2) is 4.93. The SMILES string of the molecule is CCc1nc(N)c(C)c(Sc2n[nH]c(=O)n2C2CC2)n1. The predicted molar refractivity (Wildman–Crippen MR) is 75.8 cm³/mol. The van der Waals surface area contributed by atoms with Crippen molar-refractivity contribution in [3.63, 3.8) is 0 Å². The van der Waals surface area contributed by atoms with Crippen LogP contribution >= 0.6 is 11.8 Å². The third-order valence-electron chi connectivity index (χ3n) is 3.27. The number of hydrogen-bond acceptors (Lipinski definition) is 6. The van der Waals surface area contributed by atoms with Gasteiger partial charge in [0.25, 0.3) is 0 Å². The summed E-state index contributed by atoms with van der Waals surface area (Å²) in [7, 11) is 0. The smallest absolute Gasteiger partial charge is 0.344 e. The second-order valence-electron chi connectivity index (χ2n) is 4.82. The molecule has 20 heavy (non-hydrogen) atoms. The lowest BCUT2D eigenvalue weighted by atomic mass is 10.3. The zero-order valence-corrected chi connectivity index (χ0v) is 12.2. The van der Waals surface area contributed by atoms with Crippen molar-refractivity contribution in [2.24, 2.45) is 0 Å². The second-order valence-corrected chi connectivity index (χ2v) is 5.78. The highest BCUT2D eigenvalue weighted by molar-refractivity contribution is 7.99. The number of rotatable bonds is 4. The molecule has 3 rings (SSSR count). The maximum atomic E-state index is 11.8. The van der Waals surface area contributed by atoms with Gasteiger partial charge in [0, 0.05) is 18.0 Å². The quantitative estimate of drug-likeness (QED) is 0.823. The van der Waals surface area contributed by atoms with Gasteiger partial charge in [-0.2, -0.15) is 0 Å². The summed E-state index contributed by atoms with van der Waals surface area (Å²) < 4.78 is 1.70. The Balaban J connectivity index is 1.99. The minimum atomic E-state index is -0.162. The van der Waals surface area contributed by atoms with E-state index in [-0.39, 0.29) is 11.7 Å². The summed E-state index contributed by atoms with van der Waals surface area (Å²) in [5.74, 6) is 1.18. The summed E-state index contributed by atoms with van der Waals surface area (Å²) in [4.78, 5) is 20.5. The Hall–Kier alpha value is -1.83. The van der Waals surface area contributed by atoms with Gasteiger partial charge in [0.1, 0.15) is 16.7 Å². The molecular formula is C12H16N6OS. The molecule has 1 fully saturated rings. The van der Waals surface area contributed by atoms with Crippen LogP contribution in [0.1, 0.15) is 37.2 Å². The first-order valence-corrected chi connectivity index (χ1v) is 7.39. The molecule has 0 unspecified atom stereocenters. The van der Waals surface area contributed by atoms with Crippen LogP contribution in [0, 0.1) is 6.92 Å². The lowest BCUT2D eigenvalue weighted by Crippen LogP contribution is -2.16. The Morgan fingerprint density at radius 1 is 1.45 bits per heavy atom. The van der Waals surface area contributed by atoms with Gasteiger partial charge in [0.05, 0.1) is 0 Å². The summed E-state index contributed by atoms with van der Waals surface area (Å²) in [6.45, 7) is 3.86.